The van der Waals surface area contributed by atoms with Crippen LogP contribution in [0.1, 0.15) is 18.9 Å². The Balaban J connectivity index is 2.67. The van der Waals surface area contributed by atoms with Gasteiger partial charge in [-0.2, -0.15) is 0 Å². The number of hydrogen-bond donors (Lipinski definition) is 1. The standard InChI is InChI=1S/C14H19NO2/c1-4-8-15-11-12-6-7-13(17-9-5-2)14(10-12)16-3/h1,6-7,10,15H,5,8-9,11H2,2-3H3. The lowest BCUT2D eigenvalue weighted by Crippen LogP contribution is -2.13. The number of methoxy groups -OCH3 is 1. The number of nitrogens with one attached hydrogen (secondary N) is 1. The van der Waals surface area contributed by atoms with Gasteiger partial charge >= 0.3 is 0 Å². The molecule has 3 nitrogen and oxygen atoms in total. The van der Waals surface area contributed by atoms with Gasteiger partial charge in [0.1, 0.15) is 0 Å². The van der Waals surface area contributed by atoms with E-state index in [1.54, 1.807) is 7.11 Å². The molecule has 92 valence electrons. The van der Waals surface area contributed by atoms with Gasteiger partial charge in [0.05, 0.1) is 20.3 Å². The van der Waals surface area contributed by atoms with Gasteiger partial charge in [0, 0.05) is 6.54 Å². The van der Waals surface area contributed by atoms with E-state index in [4.69, 9.17) is 15.9 Å². The second kappa shape index (κ2) is 7.59. The zero-order chi connectivity index (χ0) is 12.5. The molecule has 0 aliphatic heterocycles. The van der Waals surface area contributed by atoms with Crippen LogP contribution in [0.5, 0.6) is 11.5 Å². The van der Waals surface area contributed by atoms with Crippen molar-refractivity contribution in [1.29, 1.82) is 0 Å². The van der Waals surface area contributed by atoms with Gasteiger partial charge in [-0.3, -0.25) is 0 Å². The summed E-state index contributed by atoms with van der Waals surface area (Å²) in [5.74, 6) is 4.09. The summed E-state index contributed by atoms with van der Waals surface area (Å²) in [7, 11) is 1.65. The van der Waals surface area contributed by atoms with E-state index in [1.165, 1.54) is 0 Å². The van der Waals surface area contributed by atoms with Crippen molar-refractivity contribution in [3.63, 3.8) is 0 Å². The molecule has 0 amide bonds. The summed E-state index contributed by atoms with van der Waals surface area (Å²) in [5.41, 5.74) is 1.13. The zero-order valence-electron chi connectivity index (χ0n) is 10.5. The van der Waals surface area contributed by atoms with Crippen molar-refractivity contribution >= 4 is 0 Å². The largest absolute Gasteiger partial charge is 0.493 e. The topological polar surface area (TPSA) is 30.5 Å². The van der Waals surface area contributed by atoms with Gasteiger partial charge in [0.15, 0.2) is 11.5 Å². The Hall–Kier alpha value is -1.66. The van der Waals surface area contributed by atoms with E-state index >= 15 is 0 Å². The van der Waals surface area contributed by atoms with Crippen LogP contribution in [0.15, 0.2) is 18.2 Å². The molecule has 0 spiro atoms. The first-order chi connectivity index (χ1) is 8.31. The molecule has 17 heavy (non-hydrogen) atoms. The molecule has 3 heteroatoms. The van der Waals surface area contributed by atoms with Crippen LogP contribution in [-0.2, 0) is 6.54 Å². The smallest absolute Gasteiger partial charge is 0.161 e. The van der Waals surface area contributed by atoms with Crippen LogP contribution in [-0.4, -0.2) is 20.3 Å². The molecule has 1 N–H and O–H groups in total. The lowest BCUT2D eigenvalue weighted by atomic mass is 10.2. The van der Waals surface area contributed by atoms with Crippen LogP contribution < -0.4 is 14.8 Å². The minimum absolute atomic E-state index is 0.566. The van der Waals surface area contributed by atoms with Crippen molar-refractivity contribution in [2.45, 2.75) is 19.9 Å². The Bertz CT molecular complexity index is 382. The van der Waals surface area contributed by atoms with Crippen molar-refractivity contribution in [3.05, 3.63) is 23.8 Å². The van der Waals surface area contributed by atoms with Crippen molar-refractivity contribution in [1.82, 2.24) is 5.32 Å². The average Bonchev–Trinajstić information content (AvgIpc) is 2.37. The number of hydrogen-bond acceptors (Lipinski definition) is 3. The number of terminal acetylenes is 1. The van der Waals surface area contributed by atoms with Crippen molar-refractivity contribution in [3.8, 4) is 23.8 Å². The molecule has 0 fully saturated rings. The summed E-state index contributed by atoms with van der Waals surface area (Å²) in [6.45, 7) is 4.07. The monoisotopic (exact) mass is 233 g/mol. The van der Waals surface area contributed by atoms with E-state index in [0.717, 1.165) is 30.0 Å². The van der Waals surface area contributed by atoms with Crippen molar-refractivity contribution in [2.75, 3.05) is 20.3 Å². The number of ether oxygens (including phenoxy) is 2. The molecule has 0 unspecified atom stereocenters. The second-order valence-corrected chi connectivity index (χ2v) is 3.64. The highest BCUT2D eigenvalue weighted by atomic mass is 16.5. The fourth-order valence-corrected chi connectivity index (χ4v) is 1.43. The molecule has 0 saturated heterocycles. The molecule has 0 aliphatic rings. The Morgan fingerprint density at radius 3 is 2.82 bits per heavy atom. The highest BCUT2D eigenvalue weighted by Gasteiger charge is 2.05. The summed E-state index contributed by atoms with van der Waals surface area (Å²) >= 11 is 0. The Morgan fingerprint density at radius 1 is 1.35 bits per heavy atom. The highest BCUT2D eigenvalue weighted by Crippen LogP contribution is 2.28. The molecule has 0 atom stereocenters. The molecule has 1 rings (SSSR count). The van der Waals surface area contributed by atoms with E-state index in [9.17, 15) is 0 Å². The number of benzene rings is 1. The van der Waals surface area contributed by atoms with Gasteiger partial charge in [-0.15, -0.1) is 6.42 Å². The third-order valence-corrected chi connectivity index (χ3v) is 2.25. The van der Waals surface area contributed by atoms with E-state index in [-0.39, 0.29) is 0 Å². The third-order valence-electron chi connectivity index (χ3n) is 2.25. The van der Waals surface area contributed by atoms with Gasteiger partial charge in [-0.1, -0.05) is 18.9 Å². The fraction of sp³-hybridized carbons (Fsp3) is 0.429. The summed E-state index contributed by atoms with van der Waals surface area (Å²) in [6.07, 6.45) is 6.15. The zero-order valence-corrected chi connectivity index (χ0v) is 10.5. The fourth-order valence-electron chi connectivity index (χ4n) is 1.43. The van der Waals surface area contributed by atoms with E-state index in [2.05, 4.69) is 18.2 Å². The van der Waals surface area contributed by atoms with E-state index in [0.29, 0.717) is 13.2 Å². The minimum Gasteiger partial charge on any atom is -0.493 e. The summed E-state index contributed by atoms with van der Waals surface area (Å²) in [6, 6.07) is 5.91. The van der Waals surface area contributed by atoms with Crippen LogP contribution in [0.4, 0.5) is 0 Å². The first-order valence-electron chi connectivity index (χ1n) is 5.75. The lowest BCUT2D eigenvalue weighted by Gasteiger charge is -2.11. The molecule has 0 heterocycles. The lowest BCUT2D eigenvalue weighted by molar-refractivity contribution is 0.294. The molecule has 1 aromatic rings. The van der Waals surface area contributed by atoms with Crippen molar-refractivity contribution in [2.24, 2.45) is 0 Å². The Morgan fingerprint density at radius 2 is 2.18 bits per heavy atom. The van der Waals surface area contributed by atoms with Gasteiger partial charge in [0.25, 0.3) is 0 Å². The Labute approximate surface area is 103 Å². The third kappa shape index (κ3) is 4.38. The van der Waals surface area contributed by atoms with Crippen molar-refractivity contribution < 1.29 is 9.47 Å². The predicted octanol–water partition coefficient (Wildman–Crippen LogP) is 2.21. The van der Waals surface area contributed by atoms with E-state index in [1.807, 2.05) is 18.2 Å². The molecular weight excluding hydrogens is 214 g/mol. The van der Waals surface area contributed by atoms with Gasteiger partial charge in [-0.25, -0.2) is 0 Å². The van der Waals surface area contributed by atoms with Crippen LogP contribution >= 0.6 is 0 Å². The number of rotatable bonds is 7. The van der Waals surface area contributed by atoms with Crippen LogP contribution in [0.2, 0.25) is 0 Å². The molecular formula is C14H19NO2. The normalized spacial score (nSPS) is 9.71. The summed E-state index contributed by atoms with van der Waals surface area (Å²) in [5, 5.41) is 3.13. The molecule has 1 aromatic carbocycles. The Kier molecular flexibility index (Phi) is 5.98. The quantitative estimate of drug-likeness (QED) is 0.578. The molecule has 0 aromatic heterocycles. The van der Waals surface area contributed by atoms with E-state index < -0.39 is 0 Å². The maximum atomic E-state index is 5.58. The summed E-state index contributed by atoms with van der Waals surface area (Å²) in [4.78, 5) is 0. The van der Waals surface area contributed by atoms with Crippen LogP contribution in [0.3, 0.4) is 0 Å². The van der Waals surface area contributed by atoms with Crippen LogP contribution in [0.25, 0.3) is 0 Å². The molecule has 0 saturated carbocycles. The SMILES string of the molecule is C#CCNCc1ccc(OCCC)c(OC)c1. The highest BCUT2D eigenvalue weighted by molar-refractivity contribution is 5.42. The van der Waals surface area contributed by atoms with Gasteiger partial charge < -0.3 is 14.8 Å². The minimum atomic E-state index is 0.566. The first kappa shape index (κ1) is 13.4. The predicted molar refractivity (Wildman–Crippen MR) is 69.3 cm³/mol. The molecule has 0 aliphatic carbocycles. The molecule has 0 radical (unpaired) electrons. The maximum absolute atomic E-state index is 5.58. The maximum Gasteiger partial charge on any atom is 0.161 e. The molecule has 0 bridgehead atoms. The van der Waals surface area contributed by atoms with Gasteiger partial charge in [0.2, 0.25) is 0 Å². The first-order valence-corrected chi connectivity index (χ1v) is 5.75. The average molecular weight is 233 g/mol. The second-order valence-electron chi connectivity index (χ2n) is 3.64. The van der Waals surface area contributed by atoms with Gasteiger partial charge in [-0.05, 0) is 24.1 Å². The van der Waals surface area contributed by atoms with Crippen LogP contribution in [0, 0.1) is 12.3 Å². The summed E-state index contributed by atoms with van der Waals surface area (Å²) < 4.78 is 10.9.